The zero-order chi connectivity index (χ0) is 23.0. The summed E-state index contributed by atoms with van der Waals surface area (Å²) in [6.07, 6.45) is 7.94. The molecule has 0 bridgehead atoms. The number of rotatable bonds is 7. The van der Waals surface area contributed by atoms with Gasteiger partial charge in [0.25, 0.3) is 5.91 Å². The third-order valence-corrected chi connectivity index (χ3v) is 7.26. The summed E-state index contributed by atoms with van der Waals surface area (Å²) >= 11 is 7.53. The standard InChI is InChI=1S/C26H30ClN3O2S/c27-21-10-7-9-20(17-21)18-24-26(32)30(22-11-3-4-12-23(22)33-24)19-25(31)28-13-8-16-29-14-5-1-2-6-15-29/h3-4,7,9-12,17-18H,1-2,5-6,8,13-16,19H2,(H,28,31)/b24-18+. The quantitative estimate of drug-likeness (QED) is 0.434. The van der Waals surface area contributed by atoms with Gasteiger partial charge >= 0.3 is 0 Å². The highest BCUT2D eigenvalue weighted by Gasteiger charge is 2.30. The largest absolute Gasteiger partial charge is 0.355 e. The number of para-hydroxylation sites is 1. The monoisotopic (exact) mass is 483 g/mol. The van der Waals surface area contributed by atoms with Crippen LogP contribution < -0.4 is 10.2 Å². The van der Waals surface area contributed by atoms with E-state index in [1.165, 1.54) is 37.4 Å². The number of benzene rings is 2. The summed E-state index contributed by atoms with van der Waals surface area (Å²) < 4.78 is 0. The summed E-state index contributed by atoms with van der Waals surface area (Å²) in [6, 6.07) is 15.1. The summed E-state index contributed by atoms with van der Waals surface area (Å²) in [5.74, 6) is -0.304. The number of nitrogens with zero attached hydrogens (tertiary/aromatic N) is 2. The summed E-state index contributed by atoms with van der Waals surface area (Å²) in [5, 5.41) is 3.63. The number of fused-ring (bicyclic) bond motifs is 1. The third-order valence-electron chi connectivity index (χ3n) is 5.95. The second-order valence-electron chi connectivity index (χ2n) is 8.48. The first-order valence-electron chi connectivity index (χ1n) is 11.7. The Morgan fingerprint density at radius 2 is 1.85 bits per heavy atom. The zero-order valence-electron chi connectivity index (χ0n) is 18.8. The van der Waals surface area contributed by atoms with Crippen molar-refractivity contribution in [3.63, 3.8) is 0 Å². The molecule has 174 valence electrons. The average molecular weight is 484 g/mol. The molecule has 33 heavy (non-hydrogen) atoms. The molecule has 1 saturated heterocycles. The van der Waals surface area contributed by atoms with Crippen LogP contribution in [0.5, 0.6) is 0 Å². The predicted octanol–water partition coefficient (Wildman–Crippen LogP) is 5.20. The lowest BCUT2D eigenvalue weighted by Gasteiger charge is -2.30. The van der Waals surface area contributed by atoms with E-state index < -0.39 is 0 Å². The first kappa shape index (κ1) is 23.9. The fourth-order valence-corrected chi connectivity index (χ4v) is 5.51. The Bertz CT molecular complexity index is 1020. The maximum Gasteiger partial charge on any atom is 0.265 e. The Morgan fingerprint density at radius 3 is 2.64 bits per heavy atom. The summed E-state index contributed by atoms with van der Waals surface area (Å²) in [7, 11) is 0. The van der Waals surface area contributed by atoms with Gasteiger partial charge in [0.15, 0.2) is 0 Å². The zero-order valence-corrected chi connectivity index (χ0v) is 20.3. The van der Waals surface area contributed by atoms with Crippen LogP contribution >= 0.6 is 23.4 Å². The molecule has 0 aliphatic carbocycles. The predicted molar refractivity (Wildman–Crippen MR) is 137 cm³/mol. The molecule has 1 N–H and O–H groups in total. The van der Waals surface area contributed by atoms with Gasteiger partial charge in [0.1, 0.15) is 6.54 Å². The molecule has 2 aromatic rings. The molecule has 2 heterocycles. The van der Waals surface area contributed by atoms with E-state index in [0.29, 0.717) is 16.5 Å². The Kier molecular flexibility index (Phi) is 8.48. The van der Waals surface area contributed by atoms with Gasteiger partial charge in [0.2, 0.25) is 5.91 Å². The molecule has 2 amide bonds. The van der Waals surface area contributed by atoms with Crippen molar-refractivity contribution in [2.24, 2.45) is 0 Å². The number of likely N-dealkylation sites (tertiary alicyclic amines) is 1. The van der Waals surface area contributed by atoms with Gasteiger partial charge in [-0.2, -0.15) is 0 Å². The van der Waals surface area contributed by atoms with Gasteiger partial charge in [0, 0.05) is 16.5 Å². The molecule has 7 heteroatoms. The molecular formula is C26H30ClN3O2S. The van der Waals surface area contributed by atoms with Crippen LogP contribution in [-0.2, 0) is 9.59 Å². The van der Waals surface area contributed by atoms with Crippen molar-refractivity contribution in [3.05, 3.63) is 64.0 Å². The molecule has 0 atom stereocenters. The highest BCUT2D eigenvalue weighted by molar-refractivity contribution is 8.04. The van der Waals surface area contributed by atoms with E-state index in [9.17, 15) is 9.59 Å². The van der Waals surface area contributed by atoms with Crippen molar-refractivity contribution in [2.75, 3.05) is 37.6 Å². The Hall–Kier alpha value is -2.28. The van der Waals surface area contributed by atoms with Gasteiger partial charge in [-0.1, -0.05) is 60.5 Å². The lowest BCUT2D eigenvalue weighted by molar-refractivity contribution is -0.122. The highest BCUT2D eigenvalue weighted by atomic mass is 35.5. The molecular weight excluding hydrogens is 454 g/mol. The smallest absolute Gasteiger partial charge is 0.265 e. The number of carbonyl (C=O) groups excluding carboxylic acids is 2. The number of nitrogens with one attached hydrogen (secondary N) is 1. The molecule has 0 unspecified atom stereocenters. The Labute approximate surface area is 205 Å². The first-order chi connectivity index (χ1) is 16.1. The molecule has 1 fully saturated rings. The van der Waals surface area contributed by atoms with Crippen molar-refractivity contribution in [3.8, 4) is 0 Å². The lowest BCUT2D eigenvalue weighted by Crippen LogP contribution is -2.43. The van der Waals surface area contributed by atoms with Crippen molar-refractivity contribution in [1.82, 2.24) is 10.2 Å². The van der Waals surface area contributed by atoms with E-state index in [1.807, 2.05) is 48.5 Å². The van der Waals surface area contributed by atoms with Crippen molar-refractivity contribution < 1.29 is 9.59 Å². The number of halogens is 1. The van der Waals surface area contributed by atoms with Crippen LogP contribution in [-0.4, -0.2) is 49.4 Å². The number of amides is 2. The van der Waals surface area contributed by atoms with E-state index >= 15 is 0 Å². The van der Waals surface area contributed by atoms with Crippen LogP contribution in [0.1, 0.15) is 37.7 Å². The molecule has 4 rings (SSSR count). The SMILES string of the molecule is O=C(CN1C(=O)/C(=C\c2cccc(Cl)c2)Sc2ccccc21)NCCCN1CCCCCC1. The maximum absolute atomic E-state index is 13.3. The normalized spacial score (nSPS) is 18.2. The Morgan fingerprint density at radius 1 is 1.06 bits per heavy atom. The van der Waals surface area contributed by atoms with Crippen molar-refractivity contribution >= 4 is 46.9 Å². The van der Waals surface area contributed by atoms with Crippen LogP contribution in [0, 0.1) is 0 Å². The molecule has 0 radical (unpaired) electrons. The molecule has 0 saturated carbocycles. The molecule has 2 aromatic carbocycles. The number of hydrogen-bond acceptors (Lipinski definition) is 4. The maximum atomic E-state index is 13.3. The van der Waals surface area contributed by atoms with Crippen LogP contribution in [0.25, 0.3) is 6.08 Å². The van der Waals surface area contributed by atoms with E-state index in [2.05, 4.69) is 10.2 Å². The van der Waals surface area contributed by atoms with Crippen LogP contribution in [0.15, 0.2) is 58.3 Å². The van der Waals surface area contributed by atoms with E-state index in [-0.39, 0.29) is 18.4 Å². The van der Waals surface area contributed by atoms with Gasteiger partial charge in [-0.3, -0.25) is 14.5 Å². The molecule has 2 aliphatic rings. The molecule has 0 spiro atoms. The average Bonchev–Trinajstić information content (AvgIpc) is 3.08. The van der Waals surface area contributed by atoms with E-state index in [0.717, 1.165) is 42.2 Å². The molecule has 5 nitrogen and oxygen atoms in total. The van der Waals surface area contributed by atoms with Gasteiger partial charge in [-0.15, -0.1) is 0 Å². The lowest BCUT2D eigenvalue weighted by atomic mass is 10.2. The van der Waals surface area contributed by atoms with Crippen LogP contribution in [0.3, 0.4) is 0 Å². The minimum Gasteiger partial charge on any atom is -0.355 e. The van der Waals surface area contributed by atoms with E-state index in [4.69, 9.17) is 11.6 Å². The fraction of sp³-hybridized carbons (Fsp3) is 0.385. The van der Waals surface area contributed by atoms with Gasteiger partial charge in [-0.25, -0.2) is 0 Å². The minimum atomic E-state index is -0.168. The fourth-order valence-electron chi connectivity index (χ4n) is 4.26. The van der Waals surface area contributed by atoms with Gasteiger partial charge in [0.05, 0.1) is 10.6 Å². The van der Waals surface area contributed by atoms with Crippen molar-refractivity contribution in [2.45, 2.75) is 37.0 Å². The highest BCUT2D eigenvalue weighted by Crippen LogP contribution is 2.41. The molecule has 0 aromatic heterocycles. The second-order valence-corrected chi connectivity index (χ2v) is 10.0. The summed E-state index contributed by atoms with van der Waals surface area (Å²) in [5.41, 5.74) is 1.63. The second kappa shape index (κ2) is 11.7. The molecule has 2 aliphatic heterocycles. The van der Waals surface area contributed by atoms with Gasteiger partial charge < -0.3 is 10.2 Å². The van der Waals surface area contributed by atoms with E-state index in [1.54, 1.807) is 11.0 Å². The van der Waals surface area contributed by atoms with Gasteiger partial charge in [-0.05, 0) is 74.8 Å². The third kappa shape index (κ3) is 6.62. The number of carbonyl (C=O) groups is 2. The van der Waals surface area contributed by atoms with Crippen LogP contribution in [0.4, 0.5) is 5.69 Å². The summed E-state index contributed by atoms with van der Waals surface area (Å²) in [4.78, 5) is 31.6. The topological polar surface area (TPSA) is 52.7 Å². The number of anilines is 1. The Balaban J connectivity index is 1.39. The van der Waals surface area contributed by atoms with Crippen molar-refractivity contribution in [1.29, 1.82) is 0 Å². The number of hydrogen-bond donors (Lipinski definition) is 1. The number of thioether (sulfide) groups is 1. The minimum absolute atomic E-state index is 0.00695. The first-order valence-corrected chi connectivity index (χ1v) is 12.8. The summed E-state index contributed by atoms with van der Waals surface area (Å²) in [6.45, 7) is 3.96. The van der Waals surface area contributed by atoms with Crippen LogP contribution in [0.2, 0.25) is 5.02 Å².